The van der Waals surface area contributed by atoms with Crippen LogP contribution in [0.4, 0.5) is 4.39 Å². The Balaban J connectivity index is 1.43. The van der Waals surface area contributed by atoms with Crippen molar-refractivity contribution in [1.82, 2.24) is 15.5 Å². The van der Waals surface area contributed by atoms with E-state index in [0.29, 0.717) is 31.5 Å². The van der Waals surface area contributed by atoms with Crippen LogP contribution in [0, 0.1) is 18.7 Å². The van der Waals surface area contributed by atoms with Crippen molar-refractivity contribution < 1.29 is 18.8 Å². The first-order chi connectivity index (χ1) is 15.4. The van der Waals surface area contributed by atoms with Crippen LogP contribution in [0.1, 0.15) is 52.0 Å². The minimum absolute atomic E-state index is 0.0571. The monoisotopic (exact) mass is 437 g/mol. The van der Waals surface area contributed by atoms with Crippen molar-refractivity contribution in [3.63, 3.8) is 0 Å². The molecule has 1 heterocycles. The lowest BCUT2D eigenvalue weighted by atomic mass is 9.88. The van der Waals surface area contributed by atoms with Gasteiger partial charge in [0.25, 0.3) is 11.8 Å². The first kappa shape index (κ1) is 22.0. The molecule has 168 valence electrons. The van der Waals surface area contributed by atoms with E-state index in [4.69, 9.17) is 0 Å². The molecule has 0 spiro atoms. The van der Waals surface area contributed by atoms with Gasteiger partial charge in [0, 0.05) is 24.7 Å². The summed E-state index contributed by atoms with van der Waals surface area (Å²) < 4.78 is 14.0. The molecular formula is C25H28FN3O3. The van der Waals surface area contributed by atoms with Gasteiger partial charge in [-0.05, 0) is 62.8 Å². The van der Waals surface area contributed by atoms with Crippen molar-refractivity contribution >= 4 is 17.7 Å². The Morgan fingerprint density at radius 2 is 1.62 bits per heavy atom. The Bertz CT molecular complexity index is 996. The lowest BCUT2D eigenvalue weighted by molar-refractivity contribution is -0.124. The van der Waals surface area contributed by atoms with Crippen molar-refractivity contribution in [2.75, 3.05) is 13.1 Å². The fourth-order valence-electron chi connectivity index (χ4n) is 4.09. The maximum atomic E-state index is 14.0. The van der Waals surface area contributed by atoms with Gasteiger partial charge >= 0.3 is 0 Å². The highest BCUT2D eigenvalue weighted by Gasteiger charge is 2.36. The Morgan fingerprint density at radius 1 is 0.969 bits per heavy atom. The van der Waals surface area contributed by atoms with Crippen LogP contribution in [0.5, 0.6) is 0 Å². The summed E-state index contributed by atoms with van der Waals surface area (Å²) in [7, 11) is 0. The predicted octanol–water partition coefficient (Wildman–Crippen LogP) is 3.06. The molecule has 0 unspecified atom stereocenters. The molecule has 2 N–H and O–H groups in total. The summed E-state index contributed by atoms with van der Waals surface area (Å²) in [5.74, 6) is -1.44. The summed E-state index contributed by atoms with van der Waals surface area (Å²) in [6, 6.07) is 12.7. The van der Waals surface area contributed by atoms with E-state index in [0.717, 1.165) is 18.4 Å². The van der Waals surface area contributed by atoms with Gasteiger partial charge in [0.15, 0.2) is 0 Å². The molecule has 2 aromatic rings. The first-order valence-corrected chi connectivity index (χ1v) is 11.1. The number of aryl methyl sites for hydroxylation is 1. The fourth-order valence-corrected chi connectivity index (χ4v) is 4.09. The number of likely N-dealkylation sites (tertiary alicyclic amines) is 1. The van der Waals surface area contributed by atoms with Crippen LogP contribution in [0.3, 0.4) is 0 Å². The molecule has 2 fully saturated rings. The van der Waals surface area contributed by atoms with Gasteiger partial charge in [0.1, 0.15) is 11.9 Å². The molecule has 32 heavy (non-hydrogen) atoms. The van der Waals surface area contributed by atoms with E-state index in [1.807, 2.05) is 19.1 Å². The highest BCUT2D eigenvalue weighted by molar-refractivity contribution is 5.98. The zero-order valence-corrected chi connectivity index (χ0v) is 18.1. The standard InChI is InChI=1S/C25H28FN3O3/c1-16-6-8-18(9-7-16)23(30)28-22(24(31)27-19-10-11-19)17-12-14-29(15-13-17)25(32)20-4-2-3-5-21(20)26/h2-9,17,19,22H,10-15H2,1H3,(H,27,31)(H,28,30)/t22-/m0/s1. The minimum atomic E-state index is -0.671. The Morgan fingerprint density at radius 3 is 2.25 bits per heavy atom. The van der Waals surface area contributed by atoms with Crippen LogP contribution in [0.2, 0.25) is 0 Å². The number of nitrogens with one attached hydrogen (secondary N) is 2. The number of rotatable bonds is 6. The van der Waals surface area contributed by atoms with Crippen molar-refractivity contribution in [2.24, 2.45) is 5.92 Å². The molecule has 1 atom stereocenters. The molecule has 4 rings (SSSR count). The van der Waals surface area contributed by atoms with Crippen molar-refractivity contribution in [1.29, 1.82) is 0 Å². The molecule has 7 heteroatoms. The normalized spacial score (nSPS) is 17.5. The lowest BCUT2D eigenvalue weighted by Crippen LogP contribution is -2.54. The van der Waals surface area contributed by atoms with Gasteiger partial charge in [-0.25, -0.2) is 4.39 Å². The third-order valence-electron chi connectivity index (χ3n) is 6.21. The quantitative estimate of drug-likeness (QED) is 0.729. The second-order valence-corrected chi connectivity index (χ2v) is 8.71. The maximum absolute atomic E-state index is 14.0. The van der Waals surface area contributed by atoms with Crippen molar-refractivity contribution in [3.8, 4) is 0 Å². The van der Waals surface area contributed by atoms with Crippen molar-refractivity contribution in [3.05, 3.63) is 71.0 Å². The van der Waals surface area contributed by atoms with Gasteiger partial charge in [0.05, 0.1) is 5.56 Å². The molecule has 1 saturated carbocycles. The maximum Gasteiger partial charge on any atom is 0.256 e. The zero-order chi connectivity index (χ0) is 22.7. The summed E-state index contributed by atoms with van der Waals surface area (Å²) >= 11 is 0. The fraction of sp³-hybridized carbons (Fsp3) is 0.400. The van der Waals surface area contributed by atoms with Gasteiger partial charge in [-0.1, -0.05) is 29.8 Å². The number of amides is 3. The van der Waals surface area contributed by atoms with Crippen LogP contribution in [-0.4, -0.2) is 47.8 Å². The topological polar surface area (TPSA) is 78.5 Å². The summed E-state index contributed by atoms with van der Waals surface area (Å²) in [4.78, 5) is 40.1. The summed E-state index contributed by atoms with van der Waals surface area (Å²) in [5.41, 5.74) is 1.62. The highest BCUT2D eigenvalue weighted by atomic mass is 19.1. The second kappa shape index (κ2) is 9.51. The average Bonchev–Trinajstić information content (AvgIpc) is 3.62. The molecule has 1 saturated heterocycles. The Labute approximate surface area is 187 Å². The second-order valence-electron chi connectivity index (χ2n) is 8.71. The first-order valence-electron chi connectivity index (χ1n) is 11.1. The summed E-state index contributed by atoms with van der Waals surface area (Å²) in [5, 5.41) is 5.93. The van der Waals surface area contributed by atoms with Crippen LogP contribution in [0.25, 0.3) is 0 Å². The van der Waals surface area contributed by atoms with Crippen LogP contribution >= 0.6 is 0 Å². The molecule has 1 aliphatic carbocycles. The number of benzene rings is 2. The van der Waals surface area contributed by atoms with E-state index in [9.17, 15) is 18.8 Å². The van der Waals surface area contributed by atoms with E-state index >= 15 is 0 Å². The van der Waals surface area contributed by atoms with Gasteiger partial charge < -0.3 is 15.5 Å². The number of hydrogen-bond acceptors (Lipinski definition) is 3. The van der Waals surface area contributed by atoms with Gasteiger partial charge in [-0.3, -0.25) is 14.4 Å². The van der Waals surface area contributed by atoms with Crippen LogP contribution in [-0.2, 0) is 4.79 Å². The molecule has 0 aromatic heterocycles. The zero-order valence-electron chi connectivity index (χ0n) is 18.1. The van der Waals surface area contributed by atoms with E-state index in [2.05, 4.69) is 10.6 Å². The van der Waals surface area contributed by atoms with E-state index in [1.165, 1.54) is 12.1 Å². The molecule has 6 nitrogen and oxygen atoms in total. The van der Waals surface area contributed by atoms with E-state index in [1.54, 1.807) is 29.2 Å². The highest BCUT2D eigenvalue weighted by Crippen LogP contribution is 2.25. The molecule has 0 radical (unpaired) electrons. The molecular weight excluding hydrogens is 409 g/mol. The van der Waals surface area contributed by atoms with Gasteiger partial charge in [-0.15, -0.1) is 0 Å². The lowest BCUT2D eigenvalue weighted by Gasteiger charge is -2.36. The van der Waals surface area contributed by atoms with E-state index < -0.39 is 11.9 Å². The summed E-state index contributed by atoms with van der Waals surface area (Å²) in [6.07, 6.45) is 3.02. The van der Waals surface area contributed by atoms with Gasteiger partial charge in [0.2, 0.25) is 5.91 Å². The molecule has 2 aliphatic rings. The van der Waals surface area contributed by atoms with Gasteiger partial charge in [-0.2, -0.15) is 0 Å². The van der Waals surface area contributed by atoms with Crippen molar-refractivity contribution in [2.45, 2.75) is 44.7 Å². The van der Waals surface area contributed by atoms with Crippen LogP contribution in [0.15, 0.2) is 48.5 Å². The third-order valence-corrected chi connectivity index (χ3v) is 6.21. The van der Waals surface area contributed by atoms with E-state index in [-0.39, 0.29) is 35.2 Å². The largest absolute Gasteiger partial charge is 0.352 e. The number of nitrogens with zero attached hydrogens (tertiary/aromatic N) is 1. The van der Waals surface area contributed by atoms with Crippen LogP contribution < -0.4 is 10.6 Å². The smallest absolute Gasteiger partial charge is 0.256 e. The average molecular weight is 438 g/mol. The number of piperidine rings is 1. The SMILES string of the molecule is Cc1ccc(C(=O)N[C@H](C(=O)NC2CC2)C2CCN(C(=O)c3ccccc3F)CC2)cc1. The number of hydrogen-bond donors (Lipinski definition) is 2. The molecule has 0 bridgehead atoms. The predicted molar refractivity (Wildman–Crippen MR) is 119 cm³/mol. The molecule has 2 aromatic carbocycles. The summed E-state index contributed by atoms with van der Waals surface area (Å²) in [6.45, 7) is 2.76. The number of halogens is 1. The minimum Gasteiger partial charge on any atom is -0.352 e. The molecule has 3 amide bonds. The molecule has 1 aliphatic heterocycles. The third kappa shape index (κ3) is 5.15. The number of carbonyl (C=O) groups is 3. The number of carbonyl (C=O) groups excluding carboxylic acids is 3. The Hall–Kier alpha value is -3.22. The Kier molecular flexibility index (Phi) is 6.53.